The van der Waals surface area contributed by atoms with Crippen LogP contribution in [0, 0.1) is 0 Å². The zero-order chi connectivity index (χ0) is 20.5. The highest BCUT2D eigenvalue weighted by molar-refractivity contribution is 5.87. The van der Waals surface area contributed by atoms with Crippen molar-refractivity contribution in [2.24, 2.45) is 0 Å². The van der Waals surface area contributed by atoms with Gasteiger partial charge in [0.25, 0.3) is 5.91 Å². The molecule has 10 nitrogen and oxygen atoms in total. The van der Waals surface area contributed by atoms with Crippen molar-refractivity contribution in [3.05, 3.63) is 0 Å². The maximum atomic E-state index is 12.4. The number of amides is 4. The van der Waals surface area contributed by atoms with Crippen LogP contribution in [0.15, 0.2) is 0 Å². The van der Waals surface area contributed by atoms with E-state index in [1.54, 1.807) is 4.90 Å². The van der Waals surface area contributed by atoms with Crippen molar-refractivity contribution in [2.45, 2.75) is 76.6 Å². The Morgan fingerprint density at radius 2 is 1.96 bits per heavy atom. The lowest BCUT2D eigenvalue weighted by Gasteiger charge is -2.36. The van der Waals surface area contributed by atoms with Crippen molar-refractivity contribution >= 4 is 18.0 Å². The summed E-state index contributed by atoms with van der Waals surface area (Å²) in [5, 5.41) is 10.4. The van der Waals surface area contributed by atoms with Crippen LogP contribution in [-0.4, -0.2) is 81.5 Å². The summed E-state index contributed by atoms with van der Waals surface area (Å²) in [6.45, 7) is 6.55. The lowest BCUT2D eigenvalue weighted by molar-refractivity contribution is -0.140. The molecule has 0 aliphatic carbocycles. The van der Waals surface area contributed by atoms with Gasteiger partial charge in [-0.05, 0) is 52.9 Å². The highest BCUT2D eigenvalue weighted by Gasteiger charge is 2.46. The van der Waals surface area contributed by atoms with Gasteiger partial charge in [0, 0.05) is 13.1 Å². The number of nitrogens with zero attached hydrogens (tertiary/aromatic N) is 3. The molecule has 0 unspecified atom stereocenters. The summed E-state index contributed by atoms with van der Waals surface area (Å²) in [6.07, 6.45) is 3.29. The van der Waals surface area contributed by atoms with Crippen molar-refractivity contribution < 1.29 is 29.2 Å². The number of likely N-dealkylation sites (tertiary alicyclic amines) is 1. The number of carbonyl (C=O) groups is 3. The van der Waals surface area contributed by atoms with Crippen LogP contribution in [0.3, 0.4) is 0 Å². The Morgan fingerprint density at radius 3 is 2.68 bits per heavy atom. The maximum Gasteiger partial charge on any atom is 0.410 e. The molecule has 0 aromatic heterocycles. The van der Waals surface area contributed by atoms with E-state index in [1.165, 1.54) is 4.90 Å². The summed E-state index contributed by atoms with van der Waals surface area (Å²) in [6, 6.07) is -1.64. The normalized spacial score (nSPS) is 27.8. The first-order chi connectivity index (χ1) is 13.2. The zero-order valence-corrected chi connectivity index (χ0v) is 16.7. The molecule has 2 N–H and O–H groups in total. The molecule has 3 saturated heterocycles. The van der Waals surface area contributed by atoms with Crippen LogP contribution in [0.2, 0.25) is 0 Å². The summed E-state index contributed by atoms with van der Waals surface area (Å²) in [5.41, 5.74) is 1.84. The van der Waals surface area contributed by atoms with Crippen molar-refractivity contribution in [2.75, 3.05) is 19.7 Å². The Kier molecular flexibility index (Phi) is 5.99. The maximum absolute atomic E-state index is 12.4. The first kappa shape index (κ1) is 20.7. The first-order valence-corrected chi connectivity index (χ1v) is 9.87. The highest BCUT2D eigenvalue weighted by Crippen LogP contribution is 2.28. The Hall–Kier alpha value is -2.07. The average Bonchev–Trinajstić information content (AvgIpc) is 2.85. The molecule has 0 saturated carbocycles. The van der Waals surface area contributed by atoms with Gasteiger partial charge in [-0.3, -0.25) is 14.8 Å². The lowest BCUT2D eigenvalue weighted by atomic mass is 10.0. The molecule has 0 aromatic carbocycles. The molecule has 0 spiro atoms. The average molecular weight is 398 g/mol. The number of piperidine rings is 2. The number of hydroxylamine groups is 3. The molecule has 3 heterocycles. The van der Waals surface area contributed by atoms with Gasteiger partial charge in [0.05, 0.1) is 18.7 Å². The number of fused-ring (bicyclic) bond motifs is 2. The van der Waals surface area contributed by atoms with Crippen molar-refractivity contribution in [1.82, 2.24) is 20.3 Å². The number of carbonyl (C=O) groups excluding carboxylic acids is 3. The smallest absolute Gasteiger partial charge is 0.410 e. The van der Waals surface area contributed by atoms with E-state index in [2.05, 4.69) is 5.48 Å². The molecular formula is C18H30N4O6. The molecule has 0 radical (unpaired) electrons. The number of ether oxygens (including phenoxy) is 1. The second kappa shape index (κ2) is 8.12. The number of hydrogen-bond donors (Lipinski definition) is 2. The van der Waals surface area contributed by atoms with E-state index in [0.29, 0.717) is 31.0 Å². The van der Waals surface area contributed by atoms with E-state index >= 15 is 0 Å². The standard InChI is InChI=1S/C18H30N4O6/c1-18(2,3)28-17(25)20-9-5-4-6-13(20)11-27-19-15(23)14-8-7-12-10-21(14)16(24)22(12)26/h12-14,26H,4-11H2,1-3H3,(H,19,23)/t12-,13+,14+/m1/s1. The van der Waals surface area contributed by atoms with Crippen LogP contribution >= 0.6 is 0 Å². The molecule has 3 aliphatic rings. The molecule has 28 heavy (non-hydrogen) atoms. The van der Waals surface area contributed by atoms with E-state index < -0.39 is 23.6 Å². The van der Waals surface area contributed by atoms with Crippen LogP contribution in [-0.2, 0) is 14.4 Å². The van der Waals surface area contributed by atoms with Crippen LogP contribution in [0.1, 0.15) is 52.9 Å². The summed E-state index contributed by atoms with van der Waals surface area (Å²) in [5.74, 6) is -0.415. The van der Waals surface area contributed by atoms with Crippen LogP contribution in [0.4, 0.5) is 9.59 Å². The van der Waals surface area contributed by atoms with Crippen molar-refractivity contribution in [3.63, 3.8) is 0 Å². The molecule has 3 atom stereocenters. The van der Waals surface area contributed by atoms with Gasteiger partial charge in [-0.15, -0.1) is 0 Å². The monoisotopic (exact) mass is 398 g/mol. The topological polar surface area (TPSA) is 112 Å². The molecule has 3 aliphatic heterocycles. The summed E-state index contributed by atoms with van der Waals surface area (Å²) < 4.78 is 5.46. The summed E-state index contributed by atoms with van der Waals surface area (Å²) in [4.78, 5) is 45.3. The number of hydrogen-bond acceptors (Lipinski definition) is 6. The second-order valence-corrected chi connectivity index (χ2v) is 8.63. The third-order valence-corrected chi connectivity index (χ3v) is 5.35. The molecule has 10 heteroatoms. The molecule has 4 amide bonds. The van der Waals surface area contributed by atoms with E-state index in [0.717, 1.165) is 19.3 Å². The van der Waals surface area contributed by atoms with Gasteiger partial charge in [0.2, 0.25) is 0 Å². The molecule has 158 valence electrons. The minimum absolute atomic E-state index is 0.153. The highest BCUT2D eigenvalue weighted by atomic mass is 16.7. The number of urea groups is 1. The van der Waals surface area contributed by atoms with E-state index in [-0.39, 0.29) is 24.8 Å². The number of rotatable bonds is 4. The summed E-state index contributed by atoms with van der Waals surface area (Å²) >= 11 is 0. The van der Waals surface area contributed by atoms with E-state index in [1.807, 2.05) is 20.8 Å². The van der Waals surface area contributed by atoms with Gasteiger partial charge >= 0.3 is 12.1 Å². The summed E-state index contributed by atoms with van der Waals surface area (Å²) in [7, 11) is 0. The van der Waals surface area contributed by atoms with Crippen LogP contribution < -0.4 is 5.48 Å². The first-order valence-electron chi connectivity index (χ1n) is 9.87. The van der Waals surface area contributed by atoms with Crippen LogP contribution in [0.5, 0.6) is 0 Å². The second-order valence-electron chi connectivity index (χ2n) is 8.63. The minimum atomic E-state index is -0.658. The molecule has 3 rings (SSSR count). The van der Waals surface area contributed by atoms with Gasteiger partial charge in [-0.2, -0.15) is 0 Å². The van der Waals surface area contributed by atoms with Gasteiger partial charge in [0.15, 0.2) is 0 Å². The number of nitrogens with one attached hydrogen (secondary N) is 1. The third-order valence-electron chi connectivity index (χ3n) is 5.35. The largest absolute Gasteiger partial charge is 0.444 e. The lowest BCUT2D eigenvalue weighted by Crippen LogP contribution is -2.52. The SMILES string of the molecule is CC(C)(C)OC(=O)N1CCCC[C@H]1CONC(=O)[C@@H]1CC[C@@H]2CN1C(=O)N2O. The van der Waals surface area contributed by atoms with Gasteiger partial charge in [-0.1, -0.05) is 0 Å². The molecule has 3 fully saturated rings. The van der Waals surface area contributed by atoms with Crippen molar-refractivity contribution in [1.29, 1.82) is 0 Å². The predicted octanol–water partition coefficient (Wildman–Crippen LogP) is 1.48. The van der Waals surface area contributed by atoms with Gasteiger partial charge in [0.1, 0.15) is 11.6 Å². The minimum Gasteiger partial charge on any atom is -0.444 e. The molecule has 0 aromatic rings. The zero-order valence-electron chi connectivity index (χ0n) is 16.7. The fourth-order valence-electron chi connectivity index (χ4n) is 3.93. The Morgan fingerprint density at radius 1 is 1.21 bits per heavy atom. The Labute approximate surface area is 164 Å². The van der Waals surface area contributed by atoms with E-state index in [9.17, 15) is 19.6 Å². The fraction of sp³-hybridized carbons (Fsp3) is 0.833. The molecular weight excluding hydrogens is 368 g/mol. The predicted molar refractivity (Wildman–Crippen MR) is 97.2 cm³/mol. The van der Waals surface area contributed by atoms with Gasteiger partial charge in [-0.25, -0.2) is 20.1 Å². The van der Waals surface area contributed by atoms with Crippen molar-refractivity contribution in [3.8, 4) is 0 Å². The Bertz CT molecular complexity index is 622. The Balaban J connectivity index is 1.50. The fourth-order valence-corrected chi connectivity index (χ4v) is 3.93. The van der Waals surface area contributed by atoms with E-state index in [4.69, 9.17) is 9.57 Å². The quantitative estimate of drug-likeness (QED) is 0.548. The third kappa shape index (κ3) is 4.49. The molecule has 2 bridgehead atoms. The van der Waals surface area contributed by atoms with Gasteiger partial charge < -0.3 is 14.5 Å². The van der Waals surface area contributed by atoms with Crippen LogP contribution in [0.25, 0.3) is 0 Å².